The number of carbonyl (C=O) groups is 1. The maximum absolute atomic E-state index is 12.9. The third-order valence-corrected chi connectivity index (χ3v) is 2.06. The summed E-state index contributed by atoms with van der Waals surface area (Å²) >= 11 is 0. The average Bonchev–Trinajstić information content (AvgIpc) is 2.18. The molecule has 15 heavy (non-hydrogen) atoms. The van der Waals surface area contributed by atoms with E-state index in [1.807, 2.05) is 0 Å². The standard InChI is InChI=1S/C11H15FN2O/c1-13-7-11(15)14(2)8-9-4-3-5-10(12)6-9/h3-6,13H,7-8H2,1-2H3. The zero-order valence-corrected chi connectivity index (χ0v) is 8.96. The molecule has 1 N–H and O–H groups in total. The van der Waals surface area contributed by atoms with Crippen LogP contribution in [-0.4, -0.2) is 31.4 Å². The van der Waals surface area contributed by atoms with E-state index in [4.69, 9.17) is 0 Å². The fourth-order valence-corrected chi connectivity index (χ4v) is 1.28. The zero-order chi connectivity index (χ0) is 11.3. The van der Waals surface area contributed by atoms with Crippen molar-refractivity contribution in [3.8, 4) is 0 Å². The molecule has 0 fully saturated rings. The summed E-state index contributed by atoms with van der Waals surface area (Å²) in [6.45, 7) is 0.726. The van der Waals surface area contributed by atoms with Gasteiger partial charge in [0.15, 0.2) is 0 Å². The van der Waals surface area contributed by atoms with E-state index in [1.54, 1.807) is 31.1 Å². The average molecular weight is 210 g/mol. The topological polar surface area (TPSA) is 32.3 Å². The Balaban J connectivity index is 2.58. The quantitative estimate of drug-likeness (QED) is 0.804. The third kappa shape index (κ3) is 3.67. The van der Waals surface area contributed by atoms with Crippen LogP contribution in [0.3, 0.4) is 0 Å². The molecular formula is C11H15FN2O. The van der Waals surface area contributed by atoms with Crippen LogP contribution in [0.1, 0.15) is 5.56 Å². The van der Waals surface area contributed by atoms with Crippen molar-refractivity contribution in [2.45, 2.75) is 6.54 Å². The summed E-state index contributed by atoms with van der Waals surface area (Å²) in [7, 11) is 3.42. The molecule has 0 aromatic heterocycles. The predicted octanol–water partition coefficient (Wildman–Crippen LogP) is 1.00. The zero-order valence-electron chi connectivity index (χ0n) is 8.96. The first-order valence-electron chi connectivity index (χ1n) is 4.76. The van der Waals surface area contributed by atoms with Crippen LogP contribution >= 0.6 is 0 Å². The van der Waals surface area contributed by atoms with Crippen molar-refractivity contribution in [3.63, 3.8) is 0 Å². The van der Waals surface area contributed by atoms with Crippen LogP contribution in [0.2, 0.25) is 0 Å². The monoisotopic (exact) mass is 210 g/mol. The van der Waals surface area contributed by atoms with Gasteiger partial charge in [0.05, 0.1) is 6.54 Å². The fourth-order valence-electron chi connectivity index (χ4n) is 1.28. The number of carbonyl (C=O) groups excluding carboxylic acids is 1. The molecule has 0 saturated carbocycles. The van der Waals surface area contributed by atoms with Crippen molar-refractivity contribution in [2.75, 3.05) is 20.6 Å². The molecule has 0 unspecified atom stereocenters. The highest BCUT2D eigenvalue weighted by molar-refractivity contribution is 5.77. The highest BCUT2D eigenvalue weighted by Gasteiger charge is 2.07. The SMILES string of the molecule is CNCC(=O)N(C)Cc1cccc(F)c1. The number of hydrogen-bond donors (Lipinski definition) is 1. The summed E-state index contributed by atoms with van der Waals surface area (Å²) in [5, 5.41) is 2.78. The van der Waals surface area contributed by atoms with E-state index >= 15 is 0 Å². The maximum Gasteiger partial charge on any atom is 0.236 e. The molecule has 0 spiro atoms. The van der Waals surface area contributed by atoms with Crippen LogP contribution < -0.4 is 5.32 Å². The Labute approximate surface area is 88.9 Å². The van der Waals surface area contributed by atoms with Gasteiger partial charge < -0.3 is 10.2 Å². The minimum atomic E-state index is -0.276. The van der Waals surface area contributed by atoms with Gasteiger partial charge in [0.25, 0.3) is 0 Å². The molecular weight excluding hydrogens is 195 g/mol. The van der Waals surface area contributed by atoms with Crippen molar-refractivity contribution in [2.24, 2.45) is 0 Å². The Morgan fingerprint density at radius 3 is 2.87 bits per heavy atom. The van der Waals surface area contributed by atoms with E-state index in [0.717, 1.165) is 5.56 Å². The predicted molar refractivity (Wildman–Crippen MR) is 56.8 cm³/mol. The van der Waals surface area contributed by atoms with Gasteiger partial charge in [-0.25, -0.2) is 4.39 Å². The number of likely N-dealkylation sites (N-methyl/N-ethyl adjacent to an activating group) is 2. The molecule has 0 saturated heterocycles. The number of amides is 1. The van der Waals surface area contributed by atoms with Crippen molar-refractivity contribution >= 4 is 5.91 Å². The highest BCUT2D eigenvalue weighted by atomic mass is 19.1. The van der Waals surface area contributed by atoms with Crippen LogP contribution in [0.15, 0.2) is 24.3 Å². The molecule has 0 aliphatic heterocycles. The van der Waals surface area contributed by atoms with E-state index in [1.165, 1.54) is 12.1 Å². The molecule has 82 valence electrons. The van der Waals surface area contributed by atoms with Gasteiger partial charge in [0.2, 0.25) is 5.91 Å². The fraction of sp³-hybridized carbons (Fsp3) is 0.364. The first-order valence-corrected chi connectivity index (χ1v) is 4.76. The van der Waals surface area contributed by atoms with Gasteiger partial charge in [-0.3, -0.25) is 4.79 Å². The van der Waals surface area contributed by atoms with Gasteiger partial charge in [0.1, 0.15) is 5.82 Å². The summed E-state index contributed by atoms with van der Waals surface area (Å²) in [4.78, 5) is 13.0. The lowest BCUT2D eigenvalue weighted by Crippen LogP contribution is -2.33. The van der Waals surface area contributed by atoms with Crippen LogP contribution in [0, 0.1) is 5.82 Å². The molecule has 1 aromatic carbocycles. The van der Waals surface area contributed by atoms with E-state index in [9.17, 15) is 9.18 Å². The Bertz CT molecular complexity index is 341. The van der Waals surface area contributed by atoms with Gasteiger partial charge in [-0.1, -0.05) is 12.1 Å². The molecule has 0 bridgehead atoms. The van der Waals surface area contributed by atoms with Crippen molar-refractivity contribution in [1.82, 2.24) is 10.2 Å². The molecule has 4 heteroatoms. The van der Waals surface area contributed by atoms with Crippen molar-refractivity contribution in [1.29, 1.82) is 0 Å². The summed E-state index contributed by atoms with van der Waals surface area (Å²) in [6, 6.07) is 6.26. The lowest BCUT2D eigenvalue weighted by Gasteiger charge is -2.16. The van der Waals surface area contributed by atoms with Crippen LogP contribution in [0.4, 0.5) is 4.39 Å². The number of nitrogens with zero attached hydrogens (tertiary/aromatic N) is 1. The molecule has 0 atom stereocenters. The minimum absolute atomic E-state index is 0.0123. The van der Waals surface area contributed by atoms with Crippen molar-refractivity contribution < 1.29 is 9.18 Å². The molecule has 3 nitrogen and oxygen atoms in total. The number of rotatable bonds is 4. The number of nitrogens with one attached hydrogen (secondary N) is 1. The second-order valence-electron chi connectivity index (χ2n) is 3.41. The summed E-state index contributed by atoms with van der Waals surface area (Å²) in [5.74, 6) is -0.288. The maximum atomic E-state index is 12.9. The van der Waals surface area contributed by atoms with Crippen molar-refractivity contribution in [3.05, 3.63) is 35.6 Å². The van der Waals surface area contributed by atoms with Gasteiger partial charge in [-0.2, -0.15) is 0 Å². The lowest BCUT2D eigenvalue weighted by atomic mass is 10.2. The highest BCUT2D eigenvalue weighted by Crippen LogP contribution is 2.05. The van der Waals surface area contributed by atoms with E-state index in [2.05, 4.69) is 5.32 Å². The Kier molecular flexibility index (Phi) is 4.24. The molecule has 1 rings (SSSR count). The number of halogens is 1. The van der Waals surface area contributed by atoms with E-state index < -0.39 is 0 Å². The molecule has 0 aliphatic carbocycles. The molecule has 0 aliphatic rings. The van der Waals surface area contributed by atoms with Gasteiger partial charge in [-0.05, 0) is 24.7 Å². The van der Waals surface area contributed by atoms with Gasteiger partial charge in [0, 0.05) is 13.6 Å². The summed E-state index contributed by atoms with van der Waals surface area (Å²) < 4.78 is 12.9. The van der Waals surface area contributed by atoms with Crippen LogP contribution in [0.5, 0.6) is 0 Å². The molecule has 1 amide bonds. The second kappa shape index (κ2) is 5.46. The number of hydrogen-bond acceptors (Lipinski definition) is 2. The normalized spacial score (nSPS) is 10.1. The van der Waals surface area contributed by atoms with Crippen LogP contribution in [0.25, 0.3) is 0 Å². The molecule has 0 heterocycles. The Morgan fingerprint density at radius 1 is 1.53 bits per heavy atom. The second-order valence-corrected chi connectivity index (χ2v) is 3.41. The smallest absolute Gasteiger partial charge is 0.236 e. The van der Waals surface area contributed by atoms with Crippen LogP contribution in [-0.2, 0) is 11.3 Å². The summed E-state index contributed by atoms with van der Waals surface area (Å²) in [6.07, 6.45) is 0. The molecule has 0 radical (unpaired) electrons. The first kappa shape index (κ1) is 11.7. The number of benzene rings is 1. The van der Waals surface area contributed by atoms with Gasteiger partial charge >= 0.3 is 0 Å². The van der Waals surface area contributed by atoms with E-state index in [0.29, 0.717) is 13.1 Å². The first-order chi connectivity index (χ1) is 7.13. The van der Waals surface area contributed by atoms with Gasteiger partial charge in [-0.15, -0.1) is 0 Å². The van der Waals surface area contributed by atoms with E-state index in [-0.39, 0.29) is 11.7 Å². The largest absolute Gasteiger partial charge is 0.340 e. The Hall–Kier alpha value is -1.42. The molecule has 1 aromatic rings. The Morgan fingerprint density at radius 2 is 2.27 bits per heavy atom. The third-order valence-electron chi connectivity index (χ3n) is 2.06. The lowest BCUT2D eigenvalue weighted by molar-refractivity contribution is -0.129. The minimum Gasteiger partial charge on any atom is -0.340 e. The summed E-state index contributed by atoms with van der Waals surface area (Å²) in [5.41, 5.74) is 0.793.